The van der Waals surface area contributed by atoms with Gasteiger partial charge in [0.1, 0.15) is 11.5 Å². The first kappa shape index (κ1) is 14.0. The zero-order valence-electron chi connectivity index (χ0n) is 11.8. The van der Waals surface area contributed by atoms with Gasteiger partial charge in [0.15, 0.2) is 5.69 Å². The van der Waals surface area contributed by atoms with E-state index in [4.69, 9.17) is 27.6 Å². The highest BCUT2D eigenvalue weighted by Gasteiger charge is 2.23. The van der Waals surface area contributed by atoms with Gasteiger partial charge >= 0.3 is 6.92 Å². The van der Waals surface area contributed by atoms with Crippen LogP contribution >= 0.6 is 11.6 Å². The topological polar surface area (TPSA) is 22.8 Å². The predicted molar refractivity (Wildman–Crippen MR) is 85.0 cm³/mol. The highest BCUT2D eigenvalue weighted by atomic mass is 35.5. The first-order valence-electron chi connectivity index (χ1n) is 6.68. The first-order chi connectivity index (χ1) is 10.1. The van der Waals surface area contributed by atoms with Crippen molar-refractivity contribution >= 4 is 29.7 Å². The quantitative estimate of drug-likeness (QED) is 0.607. The summed E-state index contributed by atoms with van der Waals surface area (Å²) >= 11 is 6.18. The summed E-state index contributed by atoms with van der Waals surface area (Å²) in [6.45, 7) is 11.7. The van der Waals surface area contributed by atoms with Crippen LogP contribution in [0.15, 0.2) is 30.3 Å². The van der Waals surface area contributed by atoms with Crippen LogP contribution in [0.4, 0.5) is 5.69 Å². The van der Waals surface area contributed by atoms with Gasteiger partial charge in [-0.15, -0.1) is 0 Å². The molecule has 0 atom stereocenters. The van der Waals surface area contributed by atoms with Crippen molar-refractivity contribution in [1.82, 2.24) is 0 Å². The monoisotopic (exact) mass is 297 g/mol. The molecule has 2 aromatic rings. The van der Waals surface area contributed by atoms with Crippen LogP contribution in [0.25, 0.3) is 4.85 Å². The smallest absolute Gasteiger partial charge is 0.324 e. The van der Waals surface area contributed by atoms with E-state index in [9.17, 15) is 0 Å². The van der Waals surface area contributed by atoms with Crippen LogP contribution in [-0.2, 0) is 11.3 Å². The summed E-state index contributed by atoms with van der Waals surface area (Å²) in [6, 6.07) is 9.35. The number of halogens is 1. The molecule has 21 heavy (non-hydrogen) atoms. The molecule has 0 saturated carbocycles. The third-order valence-electron chi connectivity index (χ3n) is 3.64. The average Bonchev–Trinajstić information content (AvgIpc) is 2.83. The molecule has 0 fully saturated rings. The van der Waals surface area contributed by atoms with Crippen molar-refractivity contribution in [3.05, 3.63) is 57.9 Å². The van der Waals surface area contributed by atoms with E-state index in [1.54, 1.807) is 12.1 Å². The fourth-order valence-electron chi connectivity index (χ4n) is 2.44. The third-order valence-corrected chi connectivity index (χ3v) is 3.94. The van der Waals surface area contributed by atoms with E-state index >= 15 is 0 Å². The Morgan fingerprint density at radius 3 is 2.90 bits per heavy atom. The van der Waals surface area contributed by atoms with E-state index in [0.717, 1.165) is 16.9 Å². The molecule has 0 saturated heterocycles. The average molecular weight is 298 g/mol. The standard InChI is InChI=1S/C16H13BClNO2/c1-10-6-16(14(18)8-15(10)19-3)21-12-4-5-13-11(7-12)9-20-17(13)2/h4-8H,9H2,1-2H3. The summed E-state index contributed by atoms with van der Waals surface area (Å²) < 4.78 is 11.4. The number of rotatable bonds is 2. The third kappa shape index (κ3) is 2.63. The molecule has 0 spiro atoms. The number of fused-ring (bicyclic) bond motifs is 1. The van der Waals surface area contributed by atoms with Crippen molar-refractivity contribution in [3.8, 4) is 11.5 Å². The van der Waals surface area contributed by atoms with E-state index in [1.807, 2.05) is 31.9 Å². The molecule has 0 unspecified atom stereocenters. The van der Waals surface area contributed by atoms with Crippen molar-refractivity contribution < 1.29 is 9.39 Å². The second-order valence-electron chi connectivity index (χ2n) is 5.10. The zero-order valence-corrected chi connectivity index (χ0v) is 12.6. The van der Waals surface area contributed by atoms with Crippen LogP contribution < -0.4 is 10.2 Å². The molecule has 0 aromatic heterocycles. The fourth-order valence-corrected chi connectivity index (χ4v) is 2.64. The summed E-state index contributed by atoms with van der Waals surface area (Å²) in [5, 5.41) is 0.441. The van der Waals surface area contributed by atoms with E-state index in [1.165, 1.54) is 5.46 Å². The van der Waals surface area contributed by atoms with Crippen LogP contribution in [0.1, 0.15) is 11.1 Å². The maximum atomic E-state index is 7.09. The van der Waals surface area contributed by atoms with E-state index in [2.05, 4.69) is 4.85 Å². The van der Waals surface area contributed by atoms with Gasteiger partial charge in [0, 0.05) is 0 Å². The number of hydrogen-bond donors (Lipinski definition) is 0. The van der Waals surface area contributed by atoms with Crippen molar-refractivity contribution in [2.24, 2.45) is 0 Å². The number of hydrogen-bond acceptors (Lipinski definition) is 2. The lowest BCUT2D eigenvalue weighted by Crippen LogP contribution is -2.23. The second-order valence-corrected chi connectivity index (χ2v) is 5.50. The summed E-state index contributed by atoms with van der Waals surface area (Å²) in [7, 11) is 0. The summed E-state index contributed by atoms with van der Waals surface area (Å²) in [6.07, 6.45) is 0. The normalized spacial score (nSPS) is 13.0. The first-order valence-corrected chi connectivity index (χ1v) is 7.06. The zero-order chi connectivity index (χ0) is 15.0. The van der Waals surface area contributed by atoms with Crippen molar-refractivity contribution in [2.45, 2.75) is 20.4 Å². The van der Waals surface area contributed by atoms with Crippen molar-refractivity contribution in [2.75, 3.05) is 0 Å². The minimum Gasteiger partial charge on any atom is -0.456 e. The highest BCUT2D eigenvalue weighted by molar-refractivity contribution is 6.67. The lowest BCUT2D eigenvalue weighted by Gasteiger charge is -2.11. The Labute approximate surface area is 129 Å². The van der Waals surface area contributed by atoms with E-state index in [0.29, 0.717) is 23.1 Å². The lowest BCUT2D eigenvalue weighted by atomic mass is 9.64. The van der Waals surface area contributed by atoms with E-state index < -0.39 is 0 Å². The number of aryl methyl sites for hydroxylation is 1. The molecule has 0 aliphatic carbocycles. The van der Waals surface area contributed by atoms with Gasteiger partial charge in [-0.2, -0.15) is 0 Å². The fraction of sp³-hybridized carbons (Fsp3) is 0.188. The maximum absolute atomic E-state index is 7.09. The Morgan fingerprint density at radius 1 is 1.33 bits per heavy atom. The number of benzene rings is 2. The van der Waals surface area contributed by atoms with Gasteiger partial charge in [-0.25, -0.2) is 4.85 Å². The molecule has 3 rings (SSSR count). The summed E-state index contributed by atoms with van der Waals surface area (Å²) in [4.78, 5) is 3.43. The van der Waals surface area contributed by atoms with Gasteiger partial charge in [-0.3, -0.25) is 0 Å². The number of nitrogens with zero attached hydrogens (tertiary/aromatic N) is 1. The van der Waals surface area contributed by atoms with Gasteiger partial charge in [-0.1, -0.05) is 24.5 Å². The molecule has 1 heterocycles. The Hall–Kier alpha value is -1.96. The Balaban J connectivity index is 1.91. The molecule has 5 heteroatoms. The lowest BCUT2D eigenvalue weighted by molar-refractivity contribution is 0.333. The molecule has 1 aliphatic heterocycles. The highest BCUT2D eigenvalue weighted by Crippen LogP contribution is 2.35. The van der Waals surface area contributed by atoms with Gasteiger partial charge in [0.05, 0.1) is 18.2 Å². The molecule has 2 aromatic carbocycles. The van der Waals surface area contributed by atoms with Crippen LogP contribution in [0.3, 0.4) is 0 Å². The minimum atomic E-state index is 0.137. The molecule has 0 N–H and O–H groups in total. The molecular formula is C16H13BClNO2. The molecular weight excluding hydrogens is 284 g/mol. The van der Waals surface area contributed by atoms with Crippen LogP contribution in [0.5, 0.6) is 11.5 Å². The molecule has 104 valence electrons. The van der Waals surface area contributed by atoms with Gasteiger partial charge in [0.25, 0.3) is 0 Å². The molecule has 1 aliphatic rings. The maximum Gasteiger partial charge on any atom is 0.324 e. The molecule has 0 radical (unpaired) electrons. The van der Waals surface area contributed by atoms with Gasteiger partial charge < -0.3 is 9.39 Å². The van der Waals surface area contributed by atoms with E-state index in [-0.39, 0.29) is 6.92 Å². The van der Waals surface area contributed by atoms with Crippen LogP contribution in [-0.4, -0.2) is 6.92 Å². The summed E-state index contributed by atoms with van der Waals surface area (Å²) in [5.74, 6) is 1.29. The number of ether oxygens (including phenoxy) is 1. The van der Waals surface area contributed by atoms with Gasteiger partial charge in [-0.05, 0) is 47.8 Å². The SMILES string of the molecule is [C-]#[N+]c1cc(Cl)c(Oc2ccc3c(c2)COB3C)cc1C. The van der Waals surface area contributed by atoms with Crippen LogP contribution in [0, 0.1) is 13.5 Å². The predicted octanol–water partition coefficient (Wildman–Crippen LogP) is 4.35. The van der Waals surface area contributed by atoms with Crippen LogP contribution in [0.2, 0.25) is 11.8 Å². The molecule has 3 nitrogen and oxygen atoms in total. The Bertz CT molecular complexity index is 755. The summed E-state index contributed by atoms with van der Waals surface area (Å²) in [5.41, 5.74) is 3.74. The second kappa shape index (κ2) is 5.44. The minimum absolute atomic E-state index is 0.137. The van der Waals surface area contributed by atoms with Crippen molar-refractivity contribution in [1.29, 1.82) is 0 Å². The Morgan fingerprint density at radius 2 is 2.14 bits per heavy atom. The Kier molecular flexibility index (Phi) is 3.63. The molecule has 0 amide bonds. The van der Waals surface area contributed by atoms with Crippen molar-refractivity contribution in [3.63, 3.8) is 0 Å². The molecule has 0 bridgehead atoms. The largest absolute Gasteiger partial charge is 0.456 e. The van der Waals surface area contributed by atoms with Gasteiger partial charge in [0.2, 0.25) is 0 Å².